The molecule has 0 saturated carbocycles. The summed E-state index contributed by atoms with van der Waals surface area (Å²) < 4.78 is 2.05. The molecule has 2 N–H and O–H groups in total. The average molecular weight is 431 g/mol. The summed E-state index contributed by atoms with van der Waals surface area (Å²) in [7, 11) is 0. The molecule has 0 aliphatic carbocycles. The van der Waals surface area contributed by atoms with Gasteiger partial charge in [0.1, 0.15) is 11.3 Å². The summed E-state index contributed by atoms with van der Waals surface area (Å²) in [6.45, 7) is 6.32. The fourth-order valence-electron chi connectivity index (χ4n) is 5.31. The summed E-state index contributed by atoms with van der Waals surface area (Å²) in [6.07, 6.45) is 0. The van der Waals surface area contributed by atoms with E-state index in [0.717, 1.165) is 27.4 Å². The first-order chi connectivity index (χ1) is 15.8. The van der Waals surface area contributed by atoms with Crippen LogP contribution in [-0.2, 0) is 5.41 Å². The smallest absolute Gasteiger partial charge is 0.199 e. The summed E-state index contributed by atoms with van der Waals surface area (Å²) >= 11 is 0. The van der Waals surface area contributed by atoms with E-state index in [2.05, 4.69) is 30.7 Å². The van der Waals surface area contributed by atoms with Crippen molar-refractivity contribution in [1.29, 1.82) is 0 Å². The molecule has 0 aliphatic rings. The van der Waals surface area contributed by atoms with Crippen LogP contribution in [0.15, 0.2) is 70.3 Å². The number of para-hydroxylation sites is 2. The van der Waals surface area contributed by atoms with Gasteiger partial charge in [-0.1, -0.05) is 57.2 Å². The summed E-state index contributed by atoms with van der Waals surface area (Å²) in [5, 5.41) is 4.23. The molecule has 7 rings (SSSR count). The maximum Gasteiger partial charge on any atom is 0.199 e. The van der Waals surface area contributed by atoms with Crippen LogP contribution in [0.2, 0.25) is 0 Å². The molecule has 5 nitrogen and oxygen atoms in total. The lowest BCUT2D eigenvalue weighted by Gasteiger charge is -2.21. The van der Waals surface area contributed by atoms with E-state index in [0.29, 0.717) is 38.4 Å². The van der Waals surface area contributed by atoms with Crippen molar-refractivity contribution in [1.82, 2.24) is 14.4 Å². The number of hydrogen-bond donors (Lipinski definition) is 2. The molecule has 4 heterocycles. The number of pyridine rings is 2. The van der Waals surface area contributed by atoms with E-state index >= 15 is 0 Å². The molecular formula is C28H21N3O2. The molecule has 0 amide bonds. The third kappa shape index (κ3) is 2.21. The van der Waals surface area contributed by atoms with Crippen molar-refractivity contribution in [3.05, 3.63) is 86.7 Å². The van der Waals surface area contributed by atoms with Gasteiger partial charge in [-0.25, -0.2) is 0 Å². The Bertz CT molecular complexity index is 1910. The van der Waals surface area contributed by atoms with Gasteiger partial charge in [0.05, 0.1) is 16.3 Å². The van der Waals surface area contributed by atoms with Gasteiger partial charge in [-0.2, -0.15) is 0 Å². The van der Waals surface area contributed by atoms with Crippen molar-refractivity contribution in [3.63, 3.8) is 0 Å². The number of hydrogen-bond acceptors (Lipinski definition) is 2. The number of benzene rings is 3. The van der Waals surface area contributed by atoms with Crippen molar-refractivity contribution >= 4 is 60.2 Å². The lowest BCUT2D eigenvalue weighted by atomic mass is 9.85. The first-order valence-electron chi connectivity index (χ1n) is 11.1. The van der Waals surface area contributed by atoms with Crippen LogP contribution in [0.5, 0.6) is 0 Å². The zero-order valence-corrected chi connectivity index (χ0v) is 18.5. The average Bonchev–Trinajstić information content (AvgIpc) is 3.37. The standard InChI is InChI=1S/C28H21N3O2/c1-28(2,3)14-12-17-23-18(13-14)25(33)22-16-9-5-7-11-20(16)30-27(22)31(23)26-21(24(17)32)15-8-4-6-10-19(15)29-26/h4-13,29-30H,1-3H3. The van der Waals surface area contributed by atoms with Gasteiger partial charge in [-0.15, -0.1) is 0 Å². The van der Waals surface area contributed by atoms with Crippen molar-refractivity contribution in [2.45, 2.75) is 26.2 Å². The van der Waals surface area contributed by atoms with E-state index in [1.807, 2.05) is 65.1 Å². The minimum absolute atomic E-state index is 0.0478. The molecule has 5 heteroatoms. The number of nitrogens with zero attached hydrogens (tertiary/aromatic N) is 1. The number of fused-ring (bicyclic) bond motifs is 8. The van der Waals surface area contributed by atoms with Crippen LogP contribution in [0.3, 0.4) is 0 Å². The first-order valence-corrected chi connectivity index (χ1v) is 11.1. The van der Waals surface area contributed by atoms with Gasteiger partial charge in [-0.3, -0.25) is 14.0 Å². The number of aromatic amines is 2. The van der Waals surface area contributed by atoms with E-state index in [-0.39, 0.29) is 16.3 Å². The molecule has 7 aromatic rings. The molecule has 3 aromatic carbocycles. The SMILES string of the molecule is CC(C)(C)c1cc2c(=O)c3c4ccccc4[nH]c3n3c4[nH]c5ccccc5c4c(=O)c(c1)c23. The minimum atomic E-state index is -0.210. The Hall–Kier alpha value is -4.12. The zero-order valence-electron chi connectivity index (χ0n) is 18.5. The largest absolute Gasteiger partial charge is 0.340 e. The Morgan fingerprint density at radius 2 is 1.12 bits per heavy atom. The van der Waals surface area contributed by atoms with Gasteiger partial charge in [0.25, 0.3) is 0 Å². The highest BCUT2D eigenvalue weighted by molar-refractivity contribution is 6.17. The predicted molar refractivity (Wildman–Crippen MR) is 136 cm³/mol. The van der Waals surface area contributed by atoms with E-state index in [1.54, 1.807) is 0 Å². The maximum atomic E-state index is 13.9. The Balaban J connectivity index is 1.93. The molecule has 160 valence electrons. The Kier molecular flexibility index (Phi) is 3.25. The van der Waals surface area contributed by atoms with Crippen molar-refractivity contribution in [2.24, 2.45) is 0 Å². The highest BCUT2D eigenvalue weighted by Gasteiger charge is 2.24. The second-order valence-electron chi connectivity index (χ2n) is 9.95. The molecule has 0 saturated heterocycles. The van der Waals surface area contributed by atoms with E-state index in [4.69, 9.17) is 0 Å². The first kappa shape index (κ1) is 18.5. The van der Waals surface area contributed by atoms with Gasteiger partial charge in [0.2, 0.25) is 0 Å². The van der Waals surface area contributed by atoms with Crippen molar-refractivity contribution < 1.29 is 0 Å². The molecule has 0 atom stereocenters. The molecule has 4 aromatic heterocycles. The van der Waals surface area contributed by atoms with Crippen LogP contribution in [0.1, 0.15) is 26.3 Å². The molecule has 0 aliphatic heterocycles. The minimum Gasteiger partial charge on any atom is -0.340 e. The lowest BCUT2D eigenvalue weighted by Crippen LogP contribution is -2.17. The van der Waals surface area contributed by atoms with Crippen LogP contribution in [0.4, 0.5) is 0 Å². The van der Waals surface area contributed by atoms with Crippen LogP contribution >= 0.6 is 0 Å². The normalized spacial score (nSPS) is 12.9. The highest BCUT2D eigenvalue weighted by atomic mass is 16.1. The summed E-state index contributed by atoms with van der Waals surface area (Å²) in [5.74, 6) is 0. The third-order valence-electron chi connectivity index (χ3n) is 6.96. The maximum absolute atomic E-state index is 13.9. The molecular weight excluding hydrogens is 410 g/mol. The summed E-state index contributed by atoms with van der Waals surface area (Å²) in [4.78, 5) is 34.8. The Labute approximate surface area is 187 Å². The van der Waals surface area contributed by atoms with Crippen LogP contribution in [0.25, 0.3) is 60.2 Å². The van der Waals surface area contributed by atoms with Crippen LogP contribution in [0, 0.1) is 0 Å². The second-order valence-corrected chi connectivity index (χ2v) is 9.95. The molecule has 0 fully saturated rings. The van der Waals surface area contributed by atoms with Crippen molar-refractivity contribution in [2.75, 3.05) is 0 Å². The molecule has 0 unspecified atom stereocenters. The quantitative estimate of drug-likeness (QED) is 0.318. The number of rotatable bonds is 0. The monoisotopic (exact) mass is 431 g/mol. The van der Waals surface area contributed by atoms with Gasteiger partial charge in [0.15, 0.2) is 10.9 Å². The van der Waals surface area contributed by atoms with Crippen LogP contribution < -0.4 is 10.9 Å². The predicted octanol–water partition coefficient (Wildman–Crippen LogP) is 5.82. The topological polar surface area (TPSA) is 70.1 Å². The van der Waals surface area contributed by atoms with E-state index in [9.17, 15) is 9.59 Å². The van der Waals surface area contributed by atoms with E-state index in [1.165, 1.54) is 0 Å². The molecule has 33 heavy (non-hydrogen) atoms. The number of aromatic nitrogens is 3. The zero-order chi connectivity index (χ0) is 22.6. The number of H-pyrrole nitrogens is 2. The third-order valence-corrected chi connectivity index (χ3v) is 6.96. The Morgan fingerprint density at radius 3 is 1.58 bits per heavy atom. The summed E-state index contributed by atoms with van der Waals surface area (Å²) in [6, 6.07) is 19.7. The fourth-order valence-corrected chi connectivity index (χ4v) is 5.31. The second kappa shape index (κ2) is 5.81. The molecule has 0 spiro atoms. The van der Waals surface area contributed by atoms with E-state index < -0.39 is 0 Å². The van der Waals surface area contributed by atoms with Crippen LogP contribution in [-0.4, -0.2) is 14.4 Å². The van der Waals surface area contributed by atoms with Gasteiger partial charge >= 0.3 is 0 Å². The molecule has 0 radical (unpaired) electrons. The van der Waals surface area contributed by atoms with Gasteiger partial charge in [-0.05, 0) is 35.2 Å². The van der Waals surface area contributed by atoms with Gasteiger partial charge < -0.3 is 9.97 Å². The Morgan fingerprint density at radius 1 is 0.667 bits per heavy atom. The fraction of sp³-hybridized carbons (Fsp3) is 0.143. The summed E-state index contributed by atoms with van der Waals surface area (Å²) in [5.41, 5.74) is 4.55. The van der Waals surface area contributed by atoms with Gasteiger partial charge in [0, 0.05) is 32.6 Å². The molecule has 0 bridgehead atoms. The highest BCUT2D eigenvalue weighted by Crippen LogP contribution is 2.35. The van der Waals surface area contributed by atoms with Crippen molar-refractivity contribution in [3.8, 4) is 0 Å². The number of nitrogens with one attached hydrogen (secondary N) is 2. The lowest BCUT2D eigenvalue weighted by molar-refractivity contribution is 0.591.